The molecule has 17 heavy (non-hydrogen) atoms. The molecule has 0 saturated carbocycles. The number of rotatable bonds is 6. The van der Waals surface area contributed by atoms with Crippen LogP contribution in [-0.2, 0) is 16.1 Å². The van der Waals surface area contributed by atoms with Gasteiger partial charge in [-0.1, -0.05) is 0 Å². The van der Waals surface area contributed by atoms with E-state index in [0.29, 0.717) is 12.3 Å². The molecule has 1 aromatic rings. The predicted octanol–water partition coefficient (Wildman–Crippen LogP) is 0.301. The van der Waals surface area contributed by atoms with Crippen molar-refractivity contribution in [1.29, 1.82) is 0 Å². The zero-order valence-corrected chi connectivity index (χ0v) is 9.84. The normalized spacial score (nSPS) is 12.4. The fraction of sp³-hybridized carbons (Fsp3) is 0.455. The number of carbonyl (C=O) groups excluding carboxylic acids is 1. The number of likely N-dealkylation sites (N-methyl/N-ethyl adjacent to an activating group) is 1. The summed E-state index contributed by atoms with van der Waals surface area (Å²) in [4.78, 5) is 23.6. The Bertz CT molecular complexity index is 375. The number of nitrogens with zero attached hydrogens (tertiary/aromatic N) is 1. The van der Waals surface area contributed by atoms with Gasteiger partial charge in [-0.2, -0.15) is 0 Å². The van der Waals surface area contributed by atoms with Crippen molar-refractivity contribution in [1.82, 2.24) is 10.2 Å². The van der Waals surface area contributed by atoms with Crippen LogP contribution in [0.4, 0.5) is 0 Å². The molecule has 1 aromatic heterocycles. The summed E-state index contributed by atoms with van der Waals surface area (Å²) in [6.45, 7) is 1.78. The Morgan fingerprint density at radius 3 is 2.82 bits per heavy atom. The second kappa shape index (κ2) is 6.05. The van der Waals surface area contributed by atoms with Crippen LogP contribution < -0.4 is 5.32 Å². The van der Waals surface area contributed by atoms with Gasteiger partial charge in [-0.25, -0.2) is 0 Å². The molecule has 0 radical (unpaired) electrons. The summed E-state index contributed by atoms with van der Waals surface area (Å²) >= 11 is 0. The first-order valence-corrected chi connectivity index (χ1v) is 5.23. The fourth-order valence-corrected chi connectivity index (χ4v) is 1.29. The molecule has 0 aliphatic rings. The van der Waals surface area contributed by atoms with Gasteiger partial charge in [-0.05, 0) is 26.1 Å². The van der Waals surface area contributed by atoms with Crippen LogP contribution in [0.2, 0.25) is 0 Å². The van der Waals surface area contributed by atoms with E-state index in [1.807, 2.05) is 0 Å². The van der Waals surface area contributed by atoms with Gasteiger partial charge in [0.2, 0.25) is 5.91 Å². The molecule has 6 nitrogen and oxygen atoms in total. The minimum Gasteiger partial charge on any atom is -0.480 e. The number of hydrogen-bond acceptors (Lipinski definition) is 4. The second-order valence-electron chi connectivity index (χ2n) is 3.78. The first kappa shape index (κ1) is 13.2. The Kier molecular flexibility index (Phi) is 4.71. The molecule has 0 aliphatic heterocycles. The fourth-order valence-electron chi connectivity index (χ4n) is 1.29. The maximum atomic E-state index is 11.7. The first-order chi connectivity index (χ1) is 8.00. The summed E-state index contributed by atoms with van der Waals surface area (Å²) in [7, 11) is 1.59. The van der Waals surface area contributed by atoms with Crippen LogP contribution in [0.25, 0.3) is 0 Å². The molecular weight excluding hydrogens is 224 g/mol. The number of hydrogen-bond donors (Lipinski definition) is 2. The average molecular weight is 240 g/mol. The zero-order valence-electron chi connectivity index (χ0n) is 9.84. The van der Waals surface area contributed by atoms with Crippen molar-refractivity contribution >= 4 is 11.9 Å². The Labute approximate surface area is 99.2 Å². The van der Waals surface area contributed by atoms with Gasteiger partial charge >= 0.3 is 5.97 Å². The molecule has 0 bridgehead atoms. The molecule has 0 spiro atoms. The SMILES string of the molecule is CC(C(=O)NCc1ccco1)N(C)CC(=O)O. The highest BCUT2D eigenvalue weighted by atomic mass is 16.4. The van der Waals surface area contributed by atoms with Gasteiger partial charge in [0.1, 0.15) is 5.76 Å². The lowest BCUT2D eigenvalue weighted by atomic mass is 10.2. The highest BCUT2D eigenvalue weighted by Crippen LogP contribution is 2.00. The number of carboxylic acids is 1. The minimum atomic E-state index is -0.960. The summed E-state index contributed by atoms with van der Waals surface area (Å²) in [5.41, 5.74) is 0. The summed E-state index contributed by atoms with van der Waals surface area (Å²) in [6.07, 6.45) is 1.53. The predicted molar refractivity (Wildman–Crippen MR) is 60.3 cm³/mol. The minimum absolute atomic E-state index is 0.171. The molecule has 1 unspecified atom stereocenters. The summed E-state index contributed by atoms with van der Waals surface area (Å²) in [5, 5.41) is 11.3. The van der Waals surface area contributed by atoms with Gasteiger partial charge < -0.3 is 14.8 Å². The molecule has 0 aromatic carbocycles. The van der Waals surface area contributed by atoms with Gasteiger partial charge in [0.25, 0.3) is 0 Å². The molecule has 6 heteroatoms. The molecule has 0 aliphatic carbocycles. The van der Waals surface area contributed by atoms with Crippen molar-refractivity contribution in [2.45, 2.75) is 19.5 Å². The van der Waals surface area contributed by atoms with Crippen LogP contribution in [-0.4, -0.2) is 41.5 Å². The third kappa shape index (κ3) is 4.28. The van der Waals surface area contributed by atoms with E-state index in [1.165, 1.54) is 11.2 Å². The zero-order chi connectivity index (χ0) is 12.8. The number of amides is 1. The largest absolute Gasteiger partial charge is 0.480 e. The number of nitrogens with one attached hydrogen (secondary N) is 1. The highest BCUT2D eigenvalue weighted by molar-refractivity contribution is 5.82. The third-order valence-electron chi connectivity index (χ3n) is 2.44. The molecule has 1 amide bonds. The third-order valence-corrected chi connectivity index (χ3v) is 2.44. The van der Waals surface area contributed by atoms with E-state index in [-0.39, 0.29) is 12.5 Å². The highest BCUT2D eigenvalue weighted by Gasteiger charge is 2.19. The van der Waals surface area contributed by atoms with Crippen LogP contribution in [0, 0.1) is 0 Å². The summed E-state index contributed by atoms with van der Waals surface area (Å²) in [6, 6.07) is 2.99. The van der Waals surface area contributed by atoms with Crippen molar-refractivity contribution in [2.24, 2.45) is 0 Å². The average Bonchev–Trinajstić information content (AvgIpc) is 2.76. The van der Waals surface area contributed by atoms with Gasteiger partial charge in [0.15, 0.2) is 0 Å². The molecule has 0 saturated heterocycles. The number of aliphatic carboxylic acids is 1. The van der Waals surface area contributed by atoms with E-state index in [4.69, 9.17) is 9.52 Å². The van der Waals surface area contributed by atoms with Crippen LogP contribution in [0.1, 0.15) is 12.7 Å². The maximum absolute atomic E-state index is 11.7. The molecule has 1 heterocycles. The Morgan fingerprint density at radius 2 is 2.29 bits per heavy atom. The molecule has 1 atom stereocenters. The van der Waals surface area contributed by atoms with Crippen LogP contribution >= 0.6 is 0 Å². The van der Waals surface area contributed by atoms with E-state index in [9.17, 15) is 9.59 Å². The first-order valence-electron chi connectivity index (χ1n) is 5.23. The van der Waals surface area contributed by atoms with Gasteiger partial charge in [0.05, 0.1) is 25.4 Å². The molecule has 1 rings (SSSR count). The number of carbonyl (C=O) groups is 2. The van der Waals surface area contributed by atoms with Gasteiger partial charge in [-0.3, -0.25) is 14.5 Å². The lowest BCUT2D eigenvalue weighted by Gasteiger charge is -2.21. The lowest BCUT2D eigenvalue weighted by Crippen LogP contribution is -2.44. The van der Waals surface area contributed by atoms with E-state index < -0.39 is 12.0 Å². The van der Waals surface area contributed by atoms with E-state index in [2.05, 4.69) is 5.32 Å². The smallest absolute Gasteiger partial charge is 0.317 e. The Balaban J connectivity index is 2.38. The Hall–Kier alpha value is -1.82. The quantitative estimate of drug-likeness (QED) is 0.747. The topological polar surface area (TPSA) is 82.8 Å². The summed E-state index contributed by atoms with van der Waals surface area (Å²) < 4.78 is 5.07. The van der Waals surface area contributed by atoms with E-state index >= 15 is 0 Å². The van der Waals surface area contributed by atoms with Gasteiger partial charge in [-0.15, -0.1) is 0 Å². The standard InChI is InChI=1S/C11H16N2O4/c1-8(13(2)7-10(14)15)11(16)12-6-9-4-3-5-17-9/h3-5,8H,6-7H2,1-2H3,(H,12,16)(H,14,15). The van der Waals surface area contributed by atoms with Crippen LogP contribution in [0.3, 0.4) is 0 Å². The number of furan rings is 1. The molecule has 0 fully saturated rings. The second-order valence-corrected chi connectivity index (χ2v) is 3.78. The van der Waals surface area contributed by atoms with Crippen LogP contribution in [0.5, 0.6) is 0 Å². The molecule has 94 valence electrons. The summed E-state index contributed by atoms with van der Waals surface area (Å²) in [5.74, 6) is -0.533. The van der Waals surface area contributed by atoms with E-state index in [1.54, 1.807) is 26.1 Å². The molecular formula is C11H16N2O4. The lowest BCUT2D eigenvalue weighted by molar-refractivity contribution is -0.139. The van der Waals surface area contributed by atoms with Crippen molar-refractivity contribution in [2.75, 3.05) is 13.6 Å². The van der Waals surface area contributed by atoms with Crippen molar-refractivity contribution in [3.05, 3.63) is 24.2 Å². The van der Waals surface area contributed by atoms with Crippen molar-refractivity contribution < 1.29 is 19.1 Å². The molecule has 2 N–H and O–H groups in total. The monoisotopic (exact) mass is 240 g/mol. The Morgan fingerprint density at radius 1 is 1.59 bits per heavy atom. The maximum Gasteiger partial charge on any atom is 0.317 e. The van der Waals surface area contributed by atoms with Crippen molar-refractivity contribution in [3.8, 4) is 0 Å². The van der Waals surface area contributed by atoms with E-state index in [0.717, 1.165) is 0 Å². The van der Waals surface area contributed by atoms with Crippen LogP contribution in [0.15, 0.2) is 22.8 Å². The van der Waals surface area contributed by atoms with Gasteiger partial charge in [0, 0.05) is 0 Å². The van der Waals surface area contributed by atoms with Crippen molar-refractivity contribution in [3.63, 3.8) is 0 Å². The number of carboxylic acid groups (broad SMARTS) is 1.